The smallest absolute Gasteiger partial charge is 0.318 e. The van der Waals surface area contributed by atoms with E-state index in [0.717, 1.165) is 17.1 Å². The largest absolute Gasteiger partial charge is 0.497 e. The van der Waals surface area contributed by atoms with Crippen molar-refractivity contribution in [3.05, 3.63) is 54.0 Å². The molecule has 0 saturated heterocycles. The van der Waals surface area contributed by atoms with Gasteiger partial charge in [-0.1, -0.05) is 12.1 Å². The summed E-state index contributed by atoms with van der Waals surface area (Å²) in [5.41, 5.74) is 1.09. The van der Waals surface area contributed by atoms with Crippen LogP contribution in [0.25, 0.3) is 0 Å². The lowest BCUT2D eigenvalue weighted by Crippen LogP contribution is -2.46. The molecule has 1 aliphatic carbocycles. The molecule has 1 N–H and O–H groups in total. The quantitative estimate of drug-likeness (QED) is 0.813. The molecule has 0 bridgehead atoms. The highest BCUT2D eigenvalue weighted by molar-refractivity contribution is 5.75. The zero-order valence-corrected chi connectivity index (χ0v) is 15.1. The zero-order chi connectivity index (χ0) is 17.8. The number of hydrogen-bond acceptors (Lipinski definition) is 3. The van der Waals surface area contributed by atoms with Crippen LogP contribution in [0.2, 0.25) is 0 Å². The third-order valence-corrected chi connectivity index (χ3v) is 4.88. The number of urea groups is 1. The predicted molar refractivity (Wildman–Crippen MR) is 96.4 cm³/mol. The van der Waals surface area contributed by atoms with Crippen molar-refractivity contribution in [2.45, 2.75) is 45.3 Å². The Morgan fingerprint density at radius 2 is 2.00 bits per heavy atom. The van der Waals surface area contributed by atoms with E-state index in [2.05, 4.69) is 12.2 Å². The van der Waals surface area contributed by atoms with E-state index in [4.69, 9.17) is 9.15 Å². The van der Waals surface area contributed by atoms with Crippen LogP contribution in [0.15, 0.2) is 47.1 Å². The van der Waals surface area contributed by atoms with E-state index >= 15 is 0 Å². The third-order valence-electron chi connectivity index (χ3n) is 4.88. The van der Waals surface area contributed by atoms with Crippen LogP contribution in [-0.4, -0.2) is 24.1 Å². The highest BCUT2D eigenvalue weighted by Gasteiger charge is 2.34. The Balaban J connectivity index is 1.70. The molecule has 0 spiro atoms. The van der Waals surface area contributed by atoms with E-state index in [9.17, 15) is 4.79 Å². The molecule has 1 aliphatic rings. The van der Waals surface area contributed by atoms with Gasteiger partial charge in [-0.15, -0.1) is 0 Å². The number of amides is 2. The Morgan fingerprint density at radius 1 is 1.28 bits per heavy atom. The molecule has 134 valence electrons. The molecule has 2 atom stereocenters. The average Bonchev–Trinajstić information content (AvgIpc) is 3.33. The lowest BCUT2D eigenvalue weighted by Gasteiger charge is -2.31. The van der Waals surface area contributed by atoms with Crippen LogP contribution in [0.5, 0.6) is 5.75 Å². The molecule has 2 unspecified atom stereocenters. The van der Waals surface area contributed by atoms with Crippen molar-refractivity contribution in [1.29, 1.82) is 0 Å². The van der Waals surface area contributed by atoms with E-state index in [0.29, 0.717) is 12.5 Å². The Hall–Kier alpha value is -2.43. The fraction of sp³-hybridized carbons (Fsp3) is 0.450. The minimum Gasteiger partial charge on any atom is -0.497 e. The first kappa shape index (κ1) is 17.4. The molecule has 0 radical (unpaired) electrons. The summed E-state index contributed by atoms with van der Waals surface area (Å²) < 4.78 is 10.6. The van der Waals surface area contributed by atoms with Crippen molar-refractivity contribution >= 4 is 6.03 Å². The molecule has 5 heteroatoms. The molecule has 1 saturated carbocycles. The molecule has 0 aliphatic heterocycles. The highest BCUT2D eigenvalue weighted by Crippen LogP contribution is 2.36. The van der Waals surface area contributed by atoms with Gasteiger partial charge in [0.2, 0.25) is 0 Å². The Morgan fingerprint density at radius 3 is 2.56 bits per heavy atom. The summed E-state index contributed by atoms with van der Waals surface area (Å²) in [7, 11) is 1.65. The van der Waals surface area contributed by atoms with Gasteiger partial charge in [0.15, 0.2) is 0 Å². The van der Waals surface area contributed by atoms with Crippen molar-refractivity contribution in [1.82, 2.24) is 10.2 Å². The van der Waals surface area contributed by atoms with Crippen molar-refractivity contribution < 1.29 is 13.9 Å². The van der Waals surface area contributed by atoms with E-state index < -0.39 is 0 Å². The number of rotatable bonds is 7. The second-order valence-corrected chi connectivity index (χ2v) is 6.74. The number of hydrogen-bond donors (Lipinski definition) is 1. The van der Waals surface area contributed by atoms with Crippen LogP contribution >= 0.6 is 0 Å². The first-order valence-electron chi connectivity index (χ1n) is 8.82. The molecule has 1 heterocycles. The van der Waals surface area contributed by atoms with Crippen molar-refractivity contribution in [3.8, 4) is 5.75 Å². The molecule has 25 heavy (non-hydrogen) atoms. The van der Waals surface area contributed by atoms with Crippen LogP contribution in [0.4, 0.5) is 4.79 Å². The summed E-state index contributed by atoms with van der Waals surface area (Å²) in [5.74, 6) is 2.18. The lowest BCUT2D eigenvalue weighted by molar-refractivity contribution is 0.163. The monoisotopic (exact) mass is 342 g/mol. The van der Waals surface area contributed by atoms with Gasteiger partial charge in [0.1, 0.15) is 11.5 Å². The summed E-state index contributed by atoms with van der Waals surface area (Å²) in [6.07, 6.45) is 4.02. The standard InChI is InChI=1S/C20H26N2O3/c1-14(19-5-4-12-25-19)21-20(23)22(15(2)17-8-9-17)13-16-6-10-18(24-3)11-7-16/h4-7,10-12,14-15,17H,8-9,13H2,1-3H3,(H,21,23). The number of nitrogens with zero attached hydrogens (tertiary/aromatic N) is 1. The van der Waals surface area contributed by atoms with Crippen LogP contribution < -0.4 is 10.1 Å². The molecule has 1 aromatic carbocycles. The maximum absolute atomic E-state index is 12.9. The second-order valence-electron chi connectivity index (χ2n) is 6.74. The topological polar surface area (TPSA) is 54.7 Å². The maximum atomic E-state index is 12.9. The first-order valence-corrected chi connectivity index (χ1v) is 8.82. The summed E-state index contributed by atoms with van der Waals surface area (Å²) >= 11 is 0. The molecule has 1 fully saturated rings. The van der Waals surface area contributed by atoms with Crippen LogP contribution in [0.1, 0.15) is 44.1 Å². The summed E-state index contributed by atoms with van der Waals surface area (Å²) in [6.45, 7) is 4.65. The number of ether oxygens (including phenoxy) is 1. The Labute approximate surface area is 149 Å². The van der Waals surface area contributed by atoms with Gasteiger partial charge >= 0.3 is 6.03 Å². The number of benzene rings is 1. The Bertz CT molecular complexity index is 677. The van der Waals surface area contributed by atoms with Gasteiger partial charge in [-0.25, -0.2) is 4.79 Å². The van der Waals surface area contributed by atoms with Crippen LogP contribution in [-0.2, 0) is 6.54 Å². The summed E-state index contributed by atoms with van der Waals surface area (Å²) in [4.78, 5) is 14.8. The number of furan rings is 1. The summed E-state index contributed by atoms with van der Waals surface area (Å²) in [6, 6.07) is 11.6. The minimum absolute atomic E-state index is 0.0564. The number of nitrogens with one attached hydrogen (secondary N) is 1. The highest BCUT2D eigenvalue weighted by atomic mass is 16.5. The summed E-state index contributed by atoms with van der Waals surface area (Å²) in [5, 5.41) is 3.06. The minimum atomic E-state index is -0.160. The molecular weight excluding hydrogens is 316 g/mol. The molecule has 2 amide bonds. The van der Waals surface area contributed by atoms with Gasteiger partial charge in [0.25, 0.3) is 0 Å². The van der Waals surface area contributed by atoms with E-state index in [1.165, 1.54) is 12.8 Å². The van der Waals surface area contributed by atoms with Gasteiger partial charge in [0, 0.05) is 12.6 Å². The van der Waals surface area contributed by atoms with Crippen molar-refractivity contribution in [2.24, 2.45) is 5.92 Å². The molecule has 1 aromatic heterocycles. The van der Waals surface area contributed by atoms with Crippen molar-refractivity contribution in [3.63, 3.8) is 0 Å². The molecule has 3 rings (SSSR count). The number of carbonyl (C=O) groups excluding carboxylic acids is 1. The maximum Gasteiger partial charge on any atom is 0.318 e. The first-order chi connectivity index (χ1) is 12.1. The number of carbonyl (C=O) groups is 1. The lowest BCUT2D eigenvalue weighted by atomic mass is 10.1. The zero-order valence-electron chi connectivity index (χ0n) is 15.1. The van der Waals surface area contributed by atoms with Crippen LogP contribution in [0, 0.1) is 5.92 Å². The number of methoxy groups -OCH3 is 1. The van der Waals surface area contributed by atoms with Gasteiger partial charge in [-0.3, -0.25) is 0 Å². The molecule has 2 aromatic rings. The van der Waals surface area contributed by atoms with E-state index in [1.54, 1.807) is 13.4 Å². The van der Waals surface area contributed by atoms with E-state index in [-0.39, 0.29) is 18.1 Å². The predicted octanol–water partition coefficient (Wildman–Crippen LogP) is 4.36. The Kier molecular flexibility index (Phi) is 5.31. The fourth-order valence-electron chi connectivity index (χ4n) is 3.04. The van der Waals surface area contributed by atoms with Gasteiger partial charge in [-0.2, -0.15) is 0 Å². The van der Waals surface area contributed by atoms with Gasteiger partial charge in [-0.05, 0) is 62.4 Å². The SMILES string of the molecule is COc1ccc(CN(C(=O)NC(C)c2ccco2)C(C)C2CC2)cc1. The van der Waals surface area contributed by atoms with Crippen LogP contribution in [0.3, 0.4) is 0 Å². The third kappa shape index (κ3) is 4.35. The second kappa shape index (κ2) is 7.64. The normalized spacial score (nSPS) is 16.1. The van der Waals surface area contributed by atoms with E-state index in [1.807, 2.05) is 48.2 Å². The van der Waals surface area contributed by atoms with Crippen molar-refractivity contribution in [2.75, 3.05) is 7.11 Å². The molecule has 5 nitrogen and oxygen atoms in total. The molecular formula is C20H26N2O3. The van der Waals surface area contributed by atoms with Gasteiger partial charge in [0.05, 0.1) is 19.4 Å². The average molecular weight is 342 g/mol. The van der Waals surface area contributed by atoms with Gasteiger partial charge < -0.3 is 19.4 Å². The fourth-order valence-corrected chi connectivity index (χ4v) is 3.04.